The van der Waals surface area contributed by atoms with Gasteiger partial charge in [0.15, 0.2) is 10.7 Å². The van der Waals surface area contributed by atoms with Crippen LogP contribution in [0.1, 0.15) is 21.5 Å². The molecular weight excluding hydrogens is 490 g/mol. The number of oxazole rings is 1. The normalized spacial score (nSPS) is 18.8. The van der Waals surface area contributed by atoms with Gasteiger partial charge in [-0.05, 0) is 60.5 Å². The van der Waals surface area contributed by atoms with E-state index in [0.717, 1.165) is 34.6 Å². The number of hydrogen-bond acceptors (Lipinski definition) is 8. The van der Waals surface area contributed by atoms with Crippen molar-refractivity contribution in [2.75, 3.05) is 36.5 Å². The summed E-state index contributed by atoms with van der Waals surface area (Å²) < 4.78 is 16.7. The Bertz CT molecular complexity index is 1430. The van der Waals surface area contributed by atoms with Crippen molar-refractivity contribution >= 4 is 43.9 Å². The number of nitrogens with zero attached hydrogens (tertiary/aromatic N) is 1. The van der Waals surface area contributed by atoms with Crippen LogP contribution in [0.4, 0.5) is 11.7 Å². The van der Waals surface area contributed by atoms with Crippen molar-refractivity contribution < 1.29 is 23.5 Å². The van der Waals surface area contributed by atoms with Crippen molar-refractivity contribution in [3.63, 3.8) is 0 Å². The molecule has 0 saturated carbocycles. The summed E-state index contributed by atoms with van der Waals surface area (Å²) >= 11 is 0. The molecule has 5 rings (SSSR count). The lowest BCUT2D eigenvalue weighted by Gasteiger charge is -2.32. The number of nitrogens with one attached hydrogen (secondary N) is 2. The number of anilines is 2. The number of rotatable bonds is 8. The van der Waals surface area contributed by atoms with Crippen molar-refractivity contribution in [2.45, 2.75) is 13.3 Å². The van der Waals surface area contributed by atoms with E-state index >= 15 is 0 Å². The van der Waals surface area contributed by atoms with Gasteiger partial charge in [-0.3, -0.25) is 4.79 Å². The molecule has 1 fully saturated rings. The van der Waals surface area contributed by atoms with Crippen LogP contribution in [0.15, 0.2) is 71.1 Å². The molecule has 2 heterocycles. The van der Waals surface area contributed by atoms with Gasteiger partial charge in [-0.1, -0.05) is 24.3 Å². The van der Waals surface area contributed by atoms with Gasteiger partial charge in [0, 0.05) is 30.3 Å². The lowest BCUT2D eigenvalue weighted by Crippen LogP contribution is -2.24. The van der Waals surface area contributed by atoms with E-state index < -0.39 is 16.0 Å². The van der Waals surface area contributed by atoms with Gasteiger partial charge in [0.1, 0.15) is 17.2 Å². The third-order valence-corrected chi connectivity index (χ3v) is 9.87. The third kappa shape index (κ3) is 5.47. The molecule has 0 aliphatic carbocycles. The van der Waals surface area contributed by atoms with Crippen LogP contribution in [0.3, 0.4) is 0 Å². The summed E-state index contributed by atoms with van der Waals surface area (Å²) in [4.78, 5) is 29.7. The zero-order valence-corrected chi connectivity index (χ0v) is 21.6. The molecule has 8 nitrogen and oxygen atoms in total. The Balaban J connectivity index is 1.27. The zero-order valence-electron chi connectivity index (χ0n) is 20.8. The quantitative estimate of drug-likeness (QED) is 0.309. The number of aryl methyl sites for hydroxylation is 1. The molecule has 37 heavy (non-hydrogen) atoms. The van der Waals surface area contributed by atoms with Crippen LogP contribution in [0.2, 0.25) is 0 Å². The predicted molar refractivity (Wildman–Crippen MR) is 146 cm³/mol. The summed E-state index contributed by atoms with van der Waals surface area (Å²) in [6.07, 6.45) is 0.304. The van der Waals surface area contributed by atoms with Gasteiger partial charge < -0.3 is 24.5 Å². The predicted octanol–water partition coefficient (Wildman–Crippen LogP) is 5.14. The van der Waals surface area contributed by atoms with E-state index in [2.05, 4.69) is 15.6 Å². The molecule has 1 atom stereocenters. The summed E-state index contributed by atoms with van der Waals surface area (Å²) in [5.41, 5.74) is 4.74. The Morgan fingerprint density at radius 1 is 1.11 bits per heavy atom. The molecular formula is C28H29N3O5S. The fourth-order valence-corrected chi connectivity index (χ4v) is 7.00. The van der Waals surface area contributed by atoms with Crippen LogP contribution >= 0.6 is 10.0 Å². The minimum absolute atomic E-state index is 0.195. The lowest BCUT2D eigenvalue weighted by atomic mass is 10.1. The van der Waals surface area contributed by atoms with Crippen LogP contribution in [0, 0.1) is 6.92 Å². The molecule has 1 saturated heterocycles. The van der Waals surface area contributed by atoms with Crippen LogP contribution in [-0.4, -0.2) is 47.3 Å². The molecule has 3 aromatic carbocycles. The standard InChI is InChI=1S/C28H29N3O5S/c1-19-5-3-4-6-23(19)30-28-31-24-12-7-20(15-25(24)36-28)16-26(32)37(14-13-29-17-37)18-35-22-10-8-21(9-11-22)27(33)34-2/h3-12,15,29H,13-14,16-18H2,1-2H3,(H,30,31). The maximum Gasteiger partial charge on any atom is 0.337 e. The molecule has 0 amide bonds. The average molecular weight is 520 g/mol. The second kappa shape index (κ2) is 10.7. The van der Waals surface area contributed by atoms with Crippen LogP contribution in [0.5, 0.6) is 5.75 Å². The average Bonchev–Trinajstić information content (AvgIpc) is 3.56. The summed E-state index contributed by atoms with van der Waals surface area (Å²) in [6.45, 7) is 2.81. The largest absolute Gasteiger partial charge is 0.484 e. The topological polar surface area (TPSA) is 103 Å². The van der Waals surface area contributed by atoms with Gasteiger partial charge in [0.25, 0.3) is 6.01 Å². The number of hydrogen-bond donors (Lipinski definition) is 2. The highest BCUT2D eigenvalue weighted by Gasteiger charge is 2.36. The number of methoxy groups -OCH3 is 1. The van der Waals surface area contributed by atoms with E-state index in [9.17, 15) is 9.59 Å². The monoisotopic (exact) mass is 519 g/mol. The summed E-state index contributed by atoms with van der Waals surface area (Å²) in [5, 5.41) is 6.77. The van der Waals surface area contributed by atoms with Crippen molar-refractivity contribution in [1.29, 1.82) is 0 Å². The SMILES string of the molecule is COC(=O)c1ccc(OCS2(C(=O)Cc3ccc4nc(Nc5ccccc5C)oc4c3)CCNC2)cc1. The fraction of sp³-hybridized carbons (Fsp3) is 0.250. The van der Waals surface area contributed by atoms with Crippen molar-refractivity contribution in [3.05, 3.63) is 83.4 Å². The van der Waals surface area contributed by atoms with E-state index in [-0.39, 0.29) is 5.12 Å². The van der Waals surface area contributed by atoms with Crippen LogP contribution < -0.4 is 15.4 Å². The first-order chi connectivity index (χ1) is 18.0. The lowest BCUT2D eigenvalue weighted by molar-refractivity contribution is -0.110. The molecule has 1 aromatic heterocycles. The van der Waals surface area contributed by atoms with Crippen LogP contribution in [0.25, 0.3) is 11.1 Å². The molecule has 4 aromatic rings. The number of para-hydroxylation sites is 1. The Morgan fingerprint density at radius 2 is 1.92 bits per heavy atom. The summed E-state index contributed by atoms with van der Waals surface area (Å²) in [7, 11) is -0.336. The van der Waals surface area contributed by atoms with E-state index in [1.807, 2.05) is 49.4 Å². The van der Waals surface area contributed by atoms with Gasteiger partial charge in [-0.25, -0.2) is 4.79 Å². The first kappa shape index (κ1) is 24.9. The molecule has 1 aliphatic heterocycles. The van der Waals surface area contributed by atoms with Gasteiger partial charge in [-0.15, -0.1) is 10.0 Å². The molecule has 192 valence electrons. The molecule has 1 aliphatic rings. The first-order valence-corrected chi connectivity index (χ1v) is 14.1. The number of fused-ring (bicyclic) bond motifs is 1. The maximum atomic E-state index is 13.6. The van der Waals surface area contributed by atoms with Crippen molar-refractivity contribution in [2.24, 2.45) is 0 Å². The Labute approximate surface area is 216 Å². The second-order valence-electron chi connectivity index (χ2n) is 8.98. The third-order valence-electron chi connectivity index (χ3n) is 6.45. The first-order valence-electron chi connectivity index (χ1n) is 12.0. The van der Waals surface area contributed by atoms with E-state index in [1.54, 1.807) is 24.3 Å². The Morgan fingerprint density at radius 3 is 2.65 bits per heavy atom. The van der Waals surface area contributed by atoms with Gasteiger partial charge in [0.05, 0.1) is 12.7 Å². The van der Waals surface area contributed by atoms with Gasteiger partial charge in [-0.2, -0.15) is 4.98 Å². The molecule has 1 unspecified atom stereocenters. The van der Waals surface area contributed by atoms with Crippen molar-refractivity contribution in [3.8, 4) is 5.75 Å². The molecule has 0 bridgehead atoms. The van der Waals surface area contributed by atoms with E-state index in [0.29, 0.717) is 41.1 Å². The number of benzene rings is 3. The fourth-order valence-electron chi connectivity index (χ4n) is 4.23. The molecule has 2 N–H and O–H groups in total. The highest BCUT2D eigenvalue weighted by molar-refractivity contribution is 8.45. The molecule has 0 spiro atoms. The van der Waals surface area contributed by atoms with E-state index in [4.69, 9.17) is 13.9 Å². The number of carbonyl (C=O) groups excluding carboxylic acids is 2. The van der Waals surface area contributed by atoms with Crippen LogP contribution in [-0.2, 0) is 16.0 Å². The van der Waals surface area contributed by atoms with E-state index in [1.165, 1.54) is 7.11 Å². The van der Waals surface area contributed by atoms with Crippen molar-refractivity contribution in [1.82, 2.24) is 10.3 Å². The number of esters is 1. The number of ether oxygens (including phenoxy) is 2. The highest BCUT2D eigenvalue weighted by atomic mass is 32.3. The second-order valence-corrected chi connectivity index (χ2v) is 12.5. The number of carbonyl (C=O) groups is 2. The smallest absolute Gasteiger partial charge is 0.337 e. The Kier molecular flexibility index (Phi) is 7.16. The maximum absolute atomic E-state index is 13.6. The minimum atomic E-state index is -1.68. The van der Waals surface area contributed by atoms with Gasteiger partial charge in [0.2, 0.25) is 0 Å². The zero-order chi connectivity index (χ0) is 25.8. The molecule has 9 heteroatoms. The van der Waals surface area contributed by atoms with Gasteiger partial charge >= 0.3 is 5.97 Å². The number of aromatic nitrogens is 1. The highest BCUT2D eigenvalue weighted by Crippen LogP contribution is 2.50. The minimum Gasteiger partial charge on any atom is -0.484 e. The Hall–Kier alpha value is -3.82. The summed E-state index contributed by atoms with van der Waals surface area (Å²) in [5.74, 6) is 1.98. The summed E-state index contributed by atoms with van der Waals surface area (Å²) in [6, 6.07) is 20.8. The molecule has 0 radical (unpaired) electrons.